The van der Waals surface area contributed by atoms with Crippen LogP contribution in [-0.4, -0.2) is 17.7 Å². The van der Waals surface area contributed by atoms with Crippen molar-refractivity contribution in [1.29, 1.82) is 0 Å². The number of hydrogen-bond acceptors (Lipinski definition) is 3. The lowest BCUT2D eigenvalue weighted by molar-refractivity contribution is 0.126. The highest BCUT2D eigenvalue weighted by Crippen LogP contribution is 2.17. The van der Waals surface area contributed by atoms with Gasteiger partial charge < -0.3 is 15.2 Å². The lowest BCUT2D eigenvalue weighted by Gasteiger charge is -2.12. The molecule has 0 aliphatic carbocycles. The second-order valence-electron chi connectivity index (χ2n) is 4.51. The second kappa shape index (κ2) is 7.81. The molecule has 0 unspecified atom stereocenters. The van der Waals surface area contributed by atoms with Gasteiger partial charge in [-0.2, -0.15) is 0 Å². The average Bonchev–Trinajstić information content (AvgIpc) is 2.51. The van der Waals surface area contributed by atoms with Crippen LogP contribution in [0.25, 0.3) is 0 Å². The van der Waals surface area contributed by atoms with Crippen LogP contribution in [-0.2, 0) is 11.3 Å². The molecule has 1 atom stereocenters. The fourth-order valence-electron chi connectivity index (χ4n) is 1.79. The van der Waals surface area contributed by atoms with Gasteiger partial charge in [-0.05, 0) is 23.3 Å². The van der Waals surface area contributed by atoms with Gasteiger partial charge in [-0.25, -0.2) is 4.79 Å². The van der Waals surface area contributed by atoms with Crippen LogP contribution >= 0.6 is 15.9 Å². The normalized spacial score (nSPS) is 11.7. The molecule has 2 N–H and O–H groups in total. The Morgan fingerprint density at radius 2 is 1.95 bits per heavy atom. The van der Waals surface area contributed by atoms with Crippen LogP contribution in [0.15, 0.2) is 59.1 Å². The van der Waals surface area contributed by atoms with Gasteiger partial charge in [0.1, 0.15) is 6.61 Å². The number of aliphatic hydroxyl groups excluding tert-OH is 1. The summed E-state index contributed by atoms with van der Waals surface area (Å²) >= 11 is 3.34. The van der Waals surface area contributed by atoms with Crippen LogP contribution in [0, 0.1) is 0 Å². The van der Waals surface area contributed by atoms with Crippen molar-refractivity contribution in [3.63, 3.8) is 0 Å². The van der Waals surface area contributed by atoms with Crippen molar-refractivity contribution in [1.82, 2.24) is 5.32 Å². The molecule has 21 heavy (non-hydrogen) atoms. The maximum absolute atomic E-state index is 11.6. The zero-order valence-corrected chi connectivity index (χ0v) is 12.9. The van der Waals surface area contributed by atoms with Gasteiger partial charge >= 0.3 is 6.09 Å². The molecule has 0 aromatic heterocycles. The Balaban J connectivity index is 1.76. The Kier molecular flexibility index (Phi) is 5.78. The van der Waals surface area contributed by atoms with Crippen molar-refractivity contribution >= 4 is 22.0 Å². The minimum atomic E-state index is -0.772. The molecule has 0 saturated carbocycles. The van der Waals surface area contributed by atoms with Gasteiger partial charge in [0.25, 0.3) is 0 Å². The van der Waals surface area contributed by atoms with E-state index >= 15 is 0 Å². The molecule has 0 saturated heterocycles. The van der Waals surface area contributed by atoms with Crippen LogP contribution in [0.5, 0.6) is 0 Å². The van der Waals surface area contributed by atoms with Crippen molar-refractivity contribution in [2.45, 2.75) is 12.7 Å². The minimum Gasteiger partial charge on any atom is -0.445 e. The summed E-state index contributed by atoms with van der Waals surface area (Å²) in [4.78, 5) is 11.6. The van der Waals surface area contributed by atoms with E-state index in [4.69, 9.17) is 4.74 Å². The van der Waals surface area contributed by atoms with E-state index in [1.807, 2.05) is 48.5 Å². The summed E-state index contributed by atoms with van der Waals surface area (Å²) in [5, 5.41) is 12.5. The van der Waals surface area contributed by atoms with E-state index in [2.05, 4.69) is 21.2 Å². The summed E-state index contributed by atoms with van der Waals surface area (Å²) in [6, 6.07) is 16.7. The largest absolute Gasteiger partial charge is 0.445 e. The van der Waals surface area contributed by atoms with Crippen LogP contribution in [0.3, 0.4) is 0 Å². The molecule has 0 heterocycles. The number of nitrogens with one attached hydrogen (secondary N) is 1. The molecule has 110 valence electrons. The molecular weight excluding hydrogens is 334 g/mol. The highest BCUT2D eigenvalue weighted by molar-refractivity contribution is 9.10. The van der Waals surface area contributed by atoms with Crippen LogP contribution < -0.4 is 5.32 Å². The first kappa shape index (κ1) is 15.5. The van der Waals surface area contributed by atoms with Crippen molar-refractivity contribution in [2.75, 3.05) is 6.54 Å². The van der Waals surface area contributed by atoms with E-state index in [0.717, 1.165) is 15.6 Å². The molecule has 0 aliphatic rings. The Bertz CT molecular complexity index is 589. The minimum absolute atomic E-state index is 0.101. The summed E-state index contributed by atoms with van der Waals surface area (Å²) < 4.78 is 5.95. The zero-order valence-electron chi connectivity index (χ0n) is 11.3. The predicted octanol–water partition coefficient (Wildman–Crippen LogP) is 3.41. The van der Waals surface area contributed by atoms with Gasteiger partial charge in [0, 0.05) is 4.47 Å². The quantitative estimate of drug-likeness (QED) is 0.869. The van der Waals surface area contributed by atoms with Gasteiger partial charge in [-0.3, -0.25) is 0 Å². The van der Waals surface area contributed by atoms with E-state index in [1.165, 1.54) is 0 Å². The number of ether oxygens (including phenoxy) is 1. The molecule has 1 amide bonds. The third-order valence-corrected chi connectivity index (χ3v) is 3.38. The molecule has 4 nitrogen and oxygen atoms in total. The Morgan fingerprint density at radius 1 is 1.19 bits per heavy atom. The predicted molar refractivity (Wildman–Crippen MR) is 83.7 cm³/mol. The number of alkyl carbamates (subject to hydrolysis) is 1. The first-order valence-corrected chi connectivity index (χ1v) is 7.32. The Hall–Kier alpha value is -1.85. The lowest BCUT2D eigenvalue weighted by Crippen LogP contribution is -2.28. The van der Waals surface area contributed by atoms with Gasteiger partial charge in [-0.15, -0.1) is 0 Å². The van der Waals surface area contributed by atoms with Crippen molar-refractivity contribution in [3.8, 4) is 0 Å². The highest BCUT2D eigenvalue weighted by Gasteiger charge is 2.10. The summed E-state index contributed by atoms with van der Waals surface area (Å²) in [7, 11) is 0. The van der Waals surface area contributed by atoms with Crippen molar-refractivity contribution in [3.05, 3.63) is 70.2 Å². The van der Waals surface area contributed by atoms with E-state index in [0.29, 0.717) is 0 Å². The smallest absolute Gasteiger partial charge is 0.407 e. The maximum atomic E-state index is 11.6. The lowest BCUT2D eigenvalue weighted by atomic mass is 10.1. The summed E-state index contributed by atoms with van der Waals surface area (Å²) in [6.45, 7) is 0.309. The first-order chi connectivity index (χ1) is 10.1. The number of halogens is 1. The number of aliphatic hydroxyl groups is 1. The standard InChI is InChI=1S/C16H16BrNO3/c17-14-8-4-7-13(9-14)15(19)10-18-16(20)21-11-12-5-2-1-3-6-12/h1-9,15,19H,10-11H2,(H,18,20)/t15-/m0/s1. The third kappa shape index (κ3) is 5.21. The fourth-order valence-corrected chi connectivity index (χ4v) is 2.20. The highest BCUT2D eigenvalue weighted by atomic mass is 79.9. The molecular formula is C16H16BrNO3. The molecule has 0 radical (unpaired) electrons. The maximum Gasteiger partial charge on any atom is 0.407 e. The second-order valence-corrected chi connectivity index (χ2v) is 5.43. The molecule has 0 fully saturated rings. The Morgan fingerprint density at radius 3 is 2.67 bits per heavy atom. The average molecular weight is 350 g/mol. The third-order valence-electron chi connectivity index (χ3n) is 2.89. The van der Waals surface area contributed by atoms with E-state index in [9.17, 15) is 9.90 Å². The number of carbonyl (C=O) groups excluding carboxylic acids is 1. The van der Waals surface area contributed by atoms with Crippen LogP contribution in [0.2, 0.25) is 0 Å². The van der Waals surface area contributed by atoms with E-state index in [1.54, 1.807) is 6.07 Å². The van der Waals surface area contributed by atoms with Gasteiger partial charge in [0.15, 0.2) is 0 Å². The Labute approximate surface area is 131 Å². The number of amides is 1. The van der Waals surface area contributed by atoms with E-state index < -0.39 is 12.2 Å². The molecule has 5 heteroatoms. The number of rotatable bonds is 5. The van der Waals surface area contributed by atoms with Crippen LogP contribution in [0.1, 0.15) is 17.2 Å². The molecule has 0 aliphatic heterocycles. The summed E-state index contributed by atoms with van der Waals surface area (Å²) in [5.41, 5.74) is 1.65. The van der Waals surface area contributed by atoms with Crippen molar-refractivity contribution in [2.24, 2.45) is 0 Å². The summed E-state index contributed by atoms with van der Waals surface area (Å²) in [5.74, 6) is 0. The summed E-state index contributed by atoms with van der Waals surface area (Å²) in [6.07, 6.45) is -1.32. The van der Waals surface area contributed by atoms with Crippen molar-refractivity contribution < 1.29 is 14.6 Å². The molecule has 2 rings (SSSR count). The van der Waals surface area contributed by atoms with Crippen LogP contribution in [0.4, 0.5) is 4.79 Å². The van der Waals surface area contributed by atoms with Gasteiger partial charge in [0.2, 0.25) is 0 Å². The fraction of sp³-hybridized carbons (Fsp3) is 0.188. The topological polar surface area (TPSA) is 58.6 Å². The first-order valence-electron chi connectivity index (χ1n) is 6.53. The number of benzene rings is 2. The SMILES string of the molecule is O=C(NC[C@H](O)c1cccc(Br)c1)OCc1ccccc1. The molecule has 2 aromatic carbocycles. The number of carbonyl (C=O) groups is 1. The molecule has 2 aromatic rings. The zero-order chi connectivity index (χ0) is 15.1. The van der Waals surface area contributed by atoms with Gasteiger partial charge in [-0.1, -0.05) is 58.4 Å². The molecule has 0 bridgehead atoms. The monoisotopic (exact) mass is 349 g/mol. The van der Waals surface area contributed by atoms with E-state index in [-0.39, 0.29) is 13.2 Å². The molecule has 0 spiro atoms. The number of hydrogen-bond donors (Lipinski definition) is 2. The van der Waals surface area contributed by atoms with Gasteiger partial charge in [0.05, 0.1) is 12.6 Å².